The van der Waals surface area contributed by atoms with Crippen molar-refractivity contribution >= 4 is 34.7 Å². The van der Waals surface area contributed by atoms with Crippen molar-refractivity contribution in [3.63, 3.8) is 0 Å². The molecule has 0 aromatic carbocycles. The van der Waals surface area contributed by atoms with Crippen LogP contribution in [0.15, 0.2) is 0 Å². The van der Waals surface area contributed by atoms with Gasteiger partial charge >= 0.3 is 5.97 Å². The number of hydrogen-bond donors (Lipinski definition) is 1. The number of carbonyl (C=O) groups excluding carboxylic acids is 1. The number of thiophene rings is 1. The minimum Gasteiger partial charge on any atom is -0.462 e. The van der Waals surface area contributed by atoms with E-state index < -0.39 is 0 Å². The van der Waals surface area contributed by atoms with E-state index in [2.05, 4.69) is 11.8 Å². The number of nitrogen functional groups attached to an aromatic ring is 1. The maximum absolute atomic E-state index is 11.9. The molecule has 0 radical (unpaired) electrons. The normalized spacial score (nSPS) is 14.5. The first-order chi connectivity index (χ1) is 9.17. The van der Waals surface area contributed by atoms with Gasteiger partial charge in [-0.15, -0.1) is 23.7 Å². The average Bonchev–Trinajstić information content (AvgIpc) is 2.71. The fraction of sp³-hybridized carbons (Fsp3) is 0.643. The number of esters is 1. The smallest absolute Gasteiger partial charge is 0.341 e. The summed E-state index contributed by atoms with van der Waals surface area (Å²) in [6.07, 6.45) is 3.34. The Balaban J connectivity index is 0.00000200. The molecule has 1 aliphatic rings. The van der Waals surface area contributed by atoms with Crippen molar-refractivity contribution in [1.29, 1.82) is 0 Å². The summed E-state index contributed by atoms with van der Waals surface area (Å²) in [7, 11) is 0. The summed E-state index contributed by atoms with van der Waals surface area (Å²) >= 11 is 1.54. The predicted molar refractivity (Wildman–Crippen MR) is 85.8 cm³/mol. The molecule has 1 aliphatic heterocycles. The van der Waals surface area contributed by atoms with E-state index in [9.17, 15) is 4.79 Å². The van der Waals surface area contributed by atoms with Gasteiger partial charge in [0.2, 0.25) is 0 Å². The molecule has 0 fully saturated rings. The first-order valence-corrected chi connectivity index (χ1v) is 7.78. The minimum absolute atomic E-state index is 0. The molecule has 2 N–H and O–H groups in total. The highest BCUT2D eigenvalue weighted by Gasteiger charge is 2.27. The lowest BCUT2D eigenvalue weighted by Gasteiger charge is -2.26. The molecule has 0 amide bonds. The van der Waals surface area contributed by atoms with E-state index in [0.717, 1.165) is 31.6 Å². The Morgan fingerprint density at radius 1 is 1.45 bits per heavy atom. The molecule has 4 nitrogen and oxygen atoms in total. The number of nitrogens with zero attached hydrogens (tertiary/aromatic N) is 1. The van der Waals surface area contributed by atoms with Crippen molar-refractivity contribution in [1.82, 2.24) is 4.90 Å². The van der Waals surface area contributed by atoms with Crippen LogP contribution in [0.4, 0.5) is 5.00 Å². The molecular formula is C14H23ClN2O2S. The van der Waals surface area contributed by atoms with Crippen LogP contribution in [0.3, 0.4) is 0 Å². The molecule has 1 aromatic rings. The highest BCUT2D eigenvalue weighted by Crippen LogP contribution is 2.35. The van der Waals surface area contributed by atoms with E-state index >= 15 is 0 Å². The summed E-state index contributed by atoms with van der Waals surface area (Å²) in [6, 6.07) is 0. The Bertz CT molecular complexity index is 462. The topological polar surface area (TPSA) is 55.6 Å². The number of anilines is 1. The van der Waals surface area contributed by atoms with E-state index in [1.54, 1.807) is 11.3 Å². The summed E-state index contributed by atoms with van der Waals surface area (Å²) in [5, 5.41) is 0.612. The van der Waals surface area contributed by atoms with Crippen LogP contribution in [0, 0.1) is 0 Å². The van der Waals surface area contributed by atoms with Gasteiger partial charge < -0.3 is 10.5 Å². The summed E-state index contributed by atoms with van der Waals surface area (Å²) < 4.78 is 5.10. The molecule has 1 aromatic heterocycles. The third-order valence-electron chi connectivity index (χ3n) is 3.47. The van der Waals surface area contributed by atoms with Crippen molar-refractivity contribution in [2.45, 2.75) is 39.7 Å². The first kappa shape index (κ1) is 17.3. The van der Waals surface area contributed by atoms with Gasteiger partial charge in [-0.25, -0.2) is 4.79 Å². The fourth-order valence-electron chi connectivity index (χ4n) is 2.48. The molecule has 2 heterocycles. The Labute approximate surface area is 130 Å². The molecule has 0 spiro atoms. The quantitative estimate of drug-likeness (QED) is 0.848. The van der Waals surface area contributed by atoms with Gasteiger partial charge in [0, 0.05) is 18.0 Å². The number of halogens is 1. The molecule has 2 rings (SSSR count). The largest absolute Gasteiger partial charge is 0.462 e. The van der Waals surface area contributed by atoms with E-state index in [0.29, 0.717) is 17.2 Å². The van der Waals surface area contributed by atoms with E-state index in [1.165, 1.54) is 17.7 Å². The SMILES string of the molecule is CCCCN1CCc2c(sc(N)c2C(=O)OCC)C1.Cl. The maximum atomic E-state index is 11.9. The molecular weight excluding hydrogens is 296 g/mol. The van der Waals surface area contributed by atoms with E-state index in [4.69, 9.17) is 10.5 Å². The van der Waals surface area contributed by atoms with Crippen molar-refractivity contribution < 1.29 is 9.53 Å². The molecule has 0 saturated carbocycles. The molecule has 114 valence electrons. The Hall–Kier alpha value is -0.780. The van der Waals surface area contributed by atoms with Gasteiger partial charge in [-0.05, 0) is 31.9 Å². The lowest BCUT2D eigenvalue weighted by molar-refractivity contribution is 0.0526. The second-order valence-corrected chi connectivity index (χ2v) is 5.98. The molecule has 0 saturated heterocycles. The predicted octanol–water partition coefficient (Wildman–Crippen LogP) is 3.09. The Morgan fingerprint density at radius 2 is 2.20 bits per heavy atom. The zero-order valence-corrected chi connectivity index (χ0v) is 13.7. The summed E-state index contributed by atoms with van der Waals surface area (Å²) in [5.74, 6) is -0.264. The number of carbonyl (C=O) groups is 1. The monoisotopic (exact) mass is 318 g/mol. The number of hydrogen-bond acceptors (Lipinski definition) is 5. The van der Waals surface area contributed by atoms with Crippen molar-refractivity contribution in [2.24, 2.45) is 0 Å². The zero-order chi connectivity index (χ0) is 13.8. The zero-order valence-electron chi connectivity index (χ0n) is 12.1. The van der Waals surface area contributed by atoms with Gasteiger partial charge in [-0.3, -0.25) is 4.90 Å². The highest BCUT2D eigenvalue weighted by atomic mass is 35.5. The van der Waals surface area contributed by atoms with Crippen LogP contribution in [0.25, 0.3) is 0 Å². The maximum Gasteiger partial charge on any atom is 0.341 e. The lowest BCUT2D eigenvalue weighted by Crippen LogP contribution is -2.31. The van der Waals surface area contributed by atoms with Crippen LogP contribution in [-0.4, -0.2) is 30.6 Å². The van der Waals surface area contributed by atoms with E-state index in [1.807, 2.05) is 6.92 Å². The highest BCUT2D eigenvalue weighted by molar-refractivity contribution is 7.16. The summed E-state index contributed by atoms with van der Waals surface area (Å²) in [6.45, 7) is 7.48. The fourth-order valence-corrected chi connectivity index (χ4v) is 3.63. The lowest BCUT2D eigenvalue weighted by atomic mass is 10.0. The van der Waals surface area contributed by atoms with Gasteiger partial charge in [0.1, 0.15) is 5.00 Å². The van der Waals surface area contributed by atoms with Crippen LogP contribution in [0.2, 0.25) is 0 Å². The molecule has 0 aliphatic carbocycles. The molecule has 20 heavy (non-hydrogen) atoms. The number of rotatable bonds is 5. The average molecular weight is 319 g/mol. The Morgan fingerprint density at radius 3 is 2.85 bits per heavy atom. The molecule has 0 unspecified atom stereocenters. The third kappa shape index (κ3) is 3.65. The van der Waals surface area contributed by atoms with Gasteiger partial charge in [0.05, 0.1) is 12.2 Å². The van der Waals surface area contributed by atoms with Gasteiger partial charge in [-0.2, -0.15) is 0 Å². The van der Waals surface area contributed by atoms with Crippen molar-refractivity contribution in [3.05, 3.63) is 16.0 Å². The van der Waals surface area contributed by atoms with Crippen molar-refractivity contribution in [2.75, 3.05) is 25.4 Å². The first-order valence-electron chi connectivity index (χ1n) is 6.96. The van der Waals surface area contributed by atoms with E-state index in [-0.39, 0.29) is 18.4 Å². The summed E-state index contributed by atoms with van der Waals surface area (Å²) in [4.78, 5) is 15.6. The van der Waals surface area contributed by atoms with Crippen LogP contribution in [-0.2, 0) is 17.7 Å². The third-order valence-corrected chi connectivity index (χ3v) is 4.52. The van der Waals surface area contributed by atoms with Gasteiger partial charge in [0.25, 0.3) is 0 Å². The molecule has 0 atom stereocenters. The molecule has 0 bridgehead atoms. The van der Waals surface area contributed by atoms with Crippen LogP contribution < -0.4 is 5.73 Å². The second-order valence-electron chi connectivity index (χ2n) is 4.84. The summed E-state index contributed by atoms with van der Waals surface area (Å²) in [5.41, 5.74) is 7.74. The number of nitrogens with two attached hydrogens (primary N) is 1. The van der Waals surface area contributed by atoms with Crippen LogP contribution in [0.5, 0.6) is 0 Å². The Kier molecular flexibility index (Phi) is 6.79. The van der Waals surface area contributed by atoms with Gasteiger partial charge in [0.15, 0.2) is 0 Å². The minimum atomic E-state index is -0.264. The van der Waals surface area contributed by atoms with Crippen LogP contribution >= 0.6 is 23.7 Å². The number of ether oxygens (including phenoxy) is 1. The number of fused-ring (bicyclic) bond motifs is 1. The van der Waals surface area contributed by atoms with Crippen LogP contribution in [0.1, 0.15) is 47.5 Å². The van der Waals surface area contributed by atoms with Gasteiger partial charge in [-0.1, -0.05) is 13.3 Å². The standard InChI is InChI=1S/C14H22N2O2S.ClH/c1-3-5-7-16-8-6-10-11(9-16)19-13(15)12(10)14(17)18-4-2;/h3-9,15H2,1-2H3;1H. The second kappa shape index (κ2) is 7.86. The number of unbranched alkanes of at least 4 members (excludes halogenated alkanes) is 1. The van der Waals surface area contributed by atoms with Crippen molar-refractivity contribution in [3.8, 4) is 0 Å². The molecule has 6 heteroatoms.